The van der Waals surface area contributed by atoms with Gasteiger partial charge in [0, 0.05) is 18.8 Å². The van der Waals surface area contributed by atoms with Gasteiger partial charge in [-0.3, -0.25) is 14.4 Å². The Bertz CT molecular complexity index is 887. The second-order valence-electron chi connectivity index (χ2n) is 9.46. The van der Waals surface area contributed by atoms with Gasteiger partial charge in [-0.1, -0.05) is 31.9 Å². The van der Waals surface area contributed by atoms with Crippen molar-refractivity contribution in [3.05, 3.63) is 29.8 Å². The molecule has 2 unspecified atom stereocenters. The van der Waals surface area contributed by atoms with Crippen molar-refractivity contribution in [3.63, 3.8) is 0 Å². The van der Waals surface area contributed by atoms with E-state index in [9.17, 15) is 24.3 Å². The molecule has 1 aromatic rings. The lowest BCUT2D eigenvalue weighted by molar-refractivity contribution is -0.144. The number of hydrogen-bond donors (Lipinski definition) is 4. The van der Waals surface area contributed by atoms with Crippen LogP contribution in [0.25, 0.3) is 0 Å². The molecular weight excluding hydrogens is 498 g/mol. The van der Waals surface area contributed by atoms with E-state index in [2.05, 4.69) is 23.3 Å². The van der Waals surface area contributed by atoms with Crippen molar-refractivity contribution in [3.8, 4) is 5.75 Å². The molecule has 11 heteroatoms. The van der Waals surface area contributed by atoms with Gasteiger partial charge >= 0.3 is 12.1 Å². The Balaban J connectivity index is 3.29. The van der Waals surface area contributed by atoms with Crippen LogP contribution in [0.2, 0.25) is 0 Å². The molecule has 0 saturated heterocycles. The Labute approximate surface area is 224 Å². The predicted molar refractivity (Wildman–Crippen MR) is 143 cm³/mol. The molecule has 10 nitrogen and oxygen atoms in total. The van der Waals surface area contributed by atoms with E-state index in [1.807, 2.05) is 6.92 Å². The summed E-state index contributed by atoms with van der Waals surface area (Å²) in [5, 5.41) is 15.0. The van der Waals surface area contributed by atoms with Gasteiger partial charge in [-0.25, -0.2) is 4.79 Å². The van der Waals surface area contributed by atoms with E-state index >= 15 is 0 Å². The van der Waals surface area contributed by atoms with E-state index in [1.165, 1.54) is 17.0 Å². The number of rotatable bonds is 14. The van der Waals surface area contributed by atoms with Gasteiger partial charge in [0.1, 0.15) is 23.4 Å². The number of unbranched alkanes of at least 4 members (excludes halogenated alkanes) is 2. The fraction of sp³-hybridized carbons (Fsp3) is 0.615. The standard InChI is InChI=1S/C26H41N3O7S/c1-6-8-9-16-29(24(33)20(17-37)28-25(34)36-26(3,4)5)22(18-10-12-19(30)13-11-18)23(32)27-15-14-21(31)35-7-2/h10-13,20,22,30,37H,6-9,14-17H2,1-5H3,(H,27,32)(H,28,34). The summed E-state index contributed by atoms with van der Waals surface area (Å²) in [5.41, 5.74) is -0.297. The number of phenols is 1. The van der Waals surface area contributed by atoms with Crippen LogP contribution in [0, 0.1) is 0 Å². The fourth-order valence-electron chi connectivity index (χ4n) is 3.48. The summed E-state index contributed by atoms with van der Waals surface area (Å²) < 4.78 is 10.2. The average Bonchev–Trinajstić information content (AvgIpc) is 2.81. The minimum Gasteiger partial charge on any atom is -0.508 e. The molecule has 0 bridgehead atoms. The van der Waals surface area contributed by atoms with Crippen LogP contribution in [-0.2, 0) is 23.9 Å². The number of hydrogen-bond acceptors (Lipinski definition) is 8. The van der Waals surface area contributed by atoms with Crippen LogP contribution in [0.3, 0.4) is 0 Å². The smallest absolute Gasteiger partial charge is 0.408 e. The minimum atomic E-state index is -1.07. The third kappa shape index (κ3) is 11.8. The SMILES string of the molecule is CCCCCN(C(=O)C(CS)NC(=O)OC(C)(C)C)C(C(=O)NCCC(=O)OCC)c1ccc(O)cc1. The van der Waals surface area contributed by atoms with Crippen LogP contribution < -0.4 is 10.6 Å². The summed E-state index contributed by atoms with van der Waals surface area (Å²) in [7, 11) is 0. The summed E-state index contributed by atoms with van der Waals surface area (Å²) in [6.07, 6.45) is 1.54. The van der Waals surface area contributed by atoms with Crippen LogP contribution in [0.15, 0.2) is 24.3 Å². The van der Waals surface area contributed by atoms with Gasteiger partial charge in [0.05, 0.1) is 13.0 Å². The number of benzene rings is 1. The number of esters is 1. The first-order valence-electron chi connectivity index (χ1n) is 12.6. The van der Waals surface area contributed by atoms with Crippen molar-refractivity contribution in [2.75, 3.05) is 25.4 Å². The highest BCUT2D eigenvalue weighted by Gasteiger charge is 2.35. The van der Waals surface area contributed by atoms with Crippen molar-refractivity contribution >= 4 is 36.5 Å². The first-order valence-corrected chi connectivity index (χ1v) is 13.2. The second kappa shape index (κ2) is 16.0. The molecule has 3 N–H and O–H groups in total. The van der Waals surface area contributed by atoms with Crippen molar-refractivity contribution in [2.45, 2.75) is 78.0 Å². The van der Waals surface area contributed by atoms with Crippen LogP contribution in [0.1, 0.15) is 71.9 Å². The quantitative estimate of drug-likeness (QED) is 0.162. The highest BCUT2D eigenvalue weighted by atomic mass is 32.1. The number of nitrogens with one attached hydrogen (secondary N) is 2. The summed E-state index contributed by atoms with van der Waals surface area (Å²) in [6.45, 7) is 9.35. The van der Waals surface area contributed by atoms with Crippen molar-refractivity contribution in [1.82, 2.24) is 15.5 Å². The Morgan fingerprint density at radius 3 is 2.27 bits per heavy atom. The maximum Gasteiger partial charge on any atom is 0.408 e. The molecule has 0 fully saturated rings. The van der Waals surface area contributed by atoms with E-state index in [-0.39, 0.29) is 37.6 Å². The van der Waals surface area contributed by atoms with E-state index in [4.69, 9.17) is 9.47 Å². The Morgan fingerprint density at radius 1 is 1.08 bits per heavy atom. The van der Waals surface area contributed by atoms with Crippen LogP contribution in [-0.4, -0.2) is 71.0 Å². The van der Waals surface area contributed by atoms with E-state index in [0.29, 0.717) is 12.0 Å². The fourth-order valence-corrected chi connectivity index (χ4v) is 3.73. The number of alkyl carbamates (subject to hydrolysis) is 1. The lowest BCUT2D eigenvalue weighted by Gasteiger charge is -2.34. The highest BCUT2D eigenvalue weighted by molar-refractivity contribution is 7.80. The molecule has 2 atom stereocenters. The molecule has 208 valence electrons. The average molecular weight is 540 g/mol. The first-order chi connectivity index (χ1) is 17.4. The molecule has 0 aromatic heterocycles. The molecular formula is C26H41N3O7S. The van der Waals surface area contributed by atoms with Crippen LogP contribution >= 0.6 is 12.6 Å². The Morgan fingerprint density at radius 2 is 1.73 bits per heavy atom. The maximum absolute atomic E-state index is 13.7. The molecule has 0 aliphatic rings. The van der Waals surface area contributed by atoms with Gasteiger partial charge in [0.25, 0.3) is 0 Å². The first kappa shape index (κ1) is 32.1. The normalized spacial score (nSPS) is 12.7. The second-order valence-corrected chi connectivity index (χ2v) is 9.83. The van der Waals surface area contributed by atoms with Gasteiger partial charge in [-0.15, -0.1) is 0 Å². The summed E-state index contributed by atoms with van der Waals surface area (Å²) >= 11 is 4.26. The number of amides is 3. The monoisotopic (exact) mass is 539 g/mol. The summed E-state index contributed by atoms with van der Waals surface area (Å²) in [6, 6.07) is 3.85. The third-order valence-corrected chi connectivity index (χ3v) is 5.52. The van der Waals surface area contributed by atoms with E-state index < -0.39 is 41.6 Å². The van der Waals surface area contributed by atoms with Gasteiger partial charge in [-0.2, -0.15) is 12.6 Å². The molecule has 0 saturated carbocycles. The molecule has 0 heterocycles. The Kier molecular flexibility index (Phi) is 13.9. The lowest BCUT2D eigenvalue weighted by atomic mass is 10.0. The molecule has 0 spiro atoms. The number of thiol groups is 1. The molecule has 3 amide bonds. The van der Waals surface area contributed by atoms with Gasteiger partial charge < -0.3 is 30.1 Å². The molecule has 0 aliphatic heterocycles. The van der Waals surface area contributed by atoms with Crippen molar-refractivity contribution in [1.29, 1.82) is 0 Å². The maximum atomic E-state index is 13.7. The summed E-state index contributed by atoms with van der Waals surface area (Å²) in [5.74, 6) is -1.47. The topological polar surface area (TPSA) is 134 Å². The number of carbonyl (C=O) groups excluding carboxylic acids is 4. The Hall–Kier alpha value is -2.95. The van der Waals surface area contributed by atoms with Gasteiger partial charge in [0.15, 0.2) is 0 Å². The molecule has 37 heavy (non-hydrogen) atoms. The summed E-state index contributed by atoms with van der Waals surface area (Å²) in [4.78, 5) is 52.7. The highest BCUT2D eigenvalue weighted by Crippen LogP contribution is 2.25. The number of carbonyl (C=O) groups is 4. The van der Waals surface area contributed by atoms with Crippen LogP contribution in [0.5, 0.6) is 5.75 Å². The van der Waals surface area contributed by atoms with E-state index in [1.54, 1.807) is 39.8 Å². The zero-order valence-corrected chi connectivity index (χ0v) is 23.3. The van der Waals surface area contributed by atoms with Crippen molar-refractivity contribution in [2.24, 2.45) is 0 Å². The zero-order chi connectivity index (χ0) is 28.0. The molecule has 1 rings (SSSR count). The number of nitrogens with zero attached hydrogens (tertiary/aromatic N) is 1. The minimum absolute atomic E-state index is 0.00825. The van der Waals surface area contributed by atoms with Crippen LogP contribution in [0.4, 0.5) is 4.79 Å². The zero-order valence-electron chi connectivity index (χ0n) is 22.4. The predicted octanol–water partition coefficient (Wildman–Crippen LogP) is 3.34. The van der Waals surface area contributed by atoms with Crippen molar-refractivity contribution < 1.29 is 33.8 Å². The molecule has 0 radical (unpaired) electrons. The van der Waals surface area contributed by atoms with E-state index in [0.717, 1.165) is 12.8 Å². The van der Waals surface area contributed by atoms with Gasteiger partial charge in [0.2, 0.25) is 11.8 Å². The number of phenolic OH excluding ortho intramolecular Hbond substituents is 1. The lowest BCUT2D eigenvalue weighted by Crippen LogP contribution is -2.54. The van der Waals surface area contributed by atoms with Gasteiger partial charge in [-0.05, 0) is 51.8 Å². The number of aromatic hydroxyl groups is 1. The molecule has 1 aromatic carbocycles. The molecule has 0 aliphatic carbocycles. The third-order valence-electron chi connectivity index (χ3n) is 5.16. The largest absolute Gasteiger partial charge is 0.508 e. The number of ether oxygens (including phenoxy) is 2.